The molecule has 172 valence electrons. The highest BCUT2D eigenvalue weighted by Gasteiger charge is 2.17. The minimum atomic E-state index is -0.508. The number of aryl methyl sites for hydroxylation is 1. The number of amides is 1. The molecule has 3 heterocycles. The van der Waals surface area contributed by atoms with Crippen LogP contribution in [0.5, 0.6) is 0 Å². The van der Waals surface area contributed by atoms with Crippen molar-refractivity contribution in [2.24, 2.45) is 12.8 Å². The molecule has 0 aliphatic rings. The average molecular weight is 459 g/mol. The van der Waals surface area contributed by atoms with Gasteiger partial charge in [-0.15, -0.1) is 0 Å². The molecule has 0 aliphatic carbocycles. The second-order valence-corrected chi connectivity index (χ2v) is 8.19. The third-order valence-electron chi connectivity index (χ3n) is 5.37. The zero-order chi connectivity index (χ0) is 23.8. The van der Waals surface area contributed by atoms with E-state index in [1.807, 2.05) is 31.5 Å². The molecule has 5 aromatic rings. The molecule has 2 aromatic carbocycles. The van der Waals surface area contributed by atoms with E-state index in [0.717, 1.165) is 5.69 Å². The van der Waals surface area contributed by atoms with E-state index in [0.29, 0.717) is 40.0 Å². The predicted octanol–water partition coefficient (Wildman–Crippen LogP) is 3.46. The first-order valence-electron chi connectivity index (χ1n) is 10.8. The van der Waals surface area contributed by atoms with Crippen molar-refractivity contribution >= 4 is 39.1 Å². The van der Waals surface area contributed by atoms with Crippen molar-refractivity contribution in [2.45, 2.75) is 13.0 Å². The number of carbonyl (C=O) groups excluding carboxylic acids is 1. The van der Waals surface area contributed by atoms with Gasteiger partial charge in [-0.1, -0.05) is 0 Å². The lowest BCUT2D eigenvalue weighted by molar-refractivity contribution is 0.102. The first-order chi connectivity index (χ1) is 16.4. The van der Waals surface area contributed by atoms with Gasteiger partial charge in [-0.05, 0) is 43.3 Å². The average Bonchev–Trinajstić information content (AvgIpc) is 3.46. The number of nitrogens with two attached hydrogens (primary N) is 1. The standard InChI is InChI=1S/C24H23FN8O/c1-14(26)11-27-20-6-5-17(22-18(20)12-28-24(30-22)33-7-3-4-8-33)23(34)29-16-9-15-13-32(2)31-21(15)19(25)10-16/h3-10,12-14,27H,11,26H2,1-2H3,(H,29,34)/t14-/m1/s1. The van der Waals surface area contributed by atoms with Crippen molar-refractivity contribution in [3.05, 3.63) is 72.6 Å². The van der Waals surface area contributed by atoms with Gasteiger partial charge in [0.25, 0.3) is 5.91 Å². The molecule has 34 heavy (non-hydrogen) atoms. The summed E-state index contributed by atoms with van der Waals surface area (Å²) in [5.74, 6) is -0.492. The smallest absolute Gasteiger partial charge is 0.257 e. The minimum Gasteiger partial charge on any atom is -0.383 e. The zero-order valence-electron chi connectivity index (χ0n) is 18.7. The van der Waals surface area contributed by atoms with Crippen LogP contribution in [0.1, 0.15) is 17.3 Å². The van der Waals surface area contributed by atoms with Crippen molar-refractivity contribution in [3.63, 3.8) is 0 Å². The Morgan fingerprint density at radius 3 is 2.76 bits per heavy atom. The predicted molar refractivity (Wildman–Crippen MR) is 130 cm³/mol. The van der Waals surface area contributed by atoms with Gasteiger partial charge in [-0.25, -0.2) is 14.4 Å². The highest BCUT2D eigenvalue weighted by atomic mass is 19.1. The van der Waals surface area contributed by atoms with Crippen LogP contribution in [0.3, 0.4) is 0 Å². The highest BCUT2D eigenvalue weighted by molar-refractivity contribution is 6.14. The number of carbonyl (C=O) groups is 1. The van der Waals surface area contributed by atoms with Gasteiger partial charge in [0.15, 0.2) is 5.82 Å². The van der Waals surface area contributed by atoms with Crippen molar-refractivity contribution in [1.29, 1.82) is 0 Å². The third-order valence-corrected chi connectivity index (χ3v) is 5.37. The summed E-state index contributed by atoms with van der Waals surface area (Å²) in [6.07, 6.45) is 7.02. The van der Waals surface area contributed by atoms with Gasteiger partial charge in [0, 0.05) is 66.6 Å². The molecular weight excluding hydrogens is 435 g/mol. The largest absolute Gasteiger partial charge is 0.383 e. The monoisotopic (exact) mass is 458 g/mol. The van der Waals surface area contributed by atoms with Crippen LogP contribution >= 0.6 is 0 Å². The summed E-state index contributed by atoms with van der Waals surface area (Å²) < 4.78 is 17.8. The third kappa shape index (κ3) is 4.06. The maximum atomic E-state index is 14.5. The summed E-state index contributed by atoms with van der Waals surface area (Å²) in [7, 11) is 1.72. The molecule has 0 unspecified atom stereocenters. The first-order valence-corrected chi connectivity index (χ1v) is 10.8. The minimum absolute atomic E-state index is 0.0598. The second kappa shape index (κ2) is 8.56. The fraction of sp³-hybridized carbons (Fsp3) is 0.167. The van der Waals surface area contributed by atoms with Crippen LogP contribution in [0, 0.1) is 5.82 Å². The van der Waals surface area contributed by atoms with Crippen LogP contribution in [0.2, 0.25) is 0 Å². The molecular formula is C24H23FN8O. The molecule has 1 amide bonds. The molecule has 5 rings (SSSR count). The number of halogens is 1. The van der Waals surface area contributed by atoms with Gasteiger partial charge < -0.3 is 16.4 Å². The Kier molecular flexibility index (Phi) is 5.42. The Morgan fingerprint density at radius 1 is 1.21 bits per heavy atom. The van der Waals surface area contributed by atoms with Gasteiger partial charge in [-0.2, -0.15) is 5.10 Å². The fourth-order valence-electron chi connectivity index (χ4n) is 3.79. The summed E-state index contributed by atoms with van der Waals surface area (Å²) >= 11 is 0. The number of benzene rings is 2. The number of aromatic nitrogens is 5. The number of nitrogens with one attached hydrogen (secondary N) is 2. The molecule has 1 atom stereocenters. The van der Waals surface area contributed by atoms with Crippen molar-refractivity contribution in [2.75, 3.05) is 17.2 Å². The molecule has 9 nitrogen and oxygen atoms in total. The summed E-state index contributed by atoms with van der Waals surface area (Å²) in [6.45, 7) is 2.44. The van der Waals surface area contributed by atoms with E-state index in [9.17, 15) is 9.18 Å². The van der Waals surface area contributed by atoms with Crippen LogP contribution in [0.4, 0.5) is 15.8 Å². The second-order valence-electron chi connectivity index (χ2n) is 8.19. The molecule has 0 bridgehead atoms. The van der Waals surface area contributed by atoms with E-state index in [-0.39, 0.29) is 11.6 Å². The lowest BCUT2D eigenvalue weighted by Gasteiger charge is -2.15. The Bertz CT molecular complexity index is 1510. The number of hydrogen-bond acceptors (Lipinski definition) is 6. The van der Waals surface area contributed by atoms with Crippen LogP contribution in [0.25, 0.3) is 27.8 Å². The number of anilines is 2. The van der Waals surface area contributed by atoms with Crippen LogP contribution in [0.15, 0.2) is 61.2 Å². The van der Waals surface area contributed by atoms with Gasteiger partial charge in [0.2, 0.25) is 5.95 Å². The van der Waals surface area contributed by atoms with Crippen molar-refractivity contribution < 1.29 is 9.18 Å². The molecule has 0 spiro atoms. The van der Waals surface area contributed by atoms with Gasteiger partial charge in [0.1, 0.15) is 5.52 Å². The van der Waals surface area contributed by atoms with E-state index in [1.54, 1.807) is 42.2 Å². The molecule has 4 N–H and O–H groups in total. The van der Waals surface area contributed by atoms with Crippen LogP contribution in [-0.2, 0) is 7.05 Å². The number of nitrogens with zero attached hydrogens (tertiary/aromatic N) is 5. The molecule has 3 aromatic heterocycles. The Labute approximate surface area is 194 Å². The van der Waals surface area contributed by atoms with E-state index in [1.165, 1.54) is 10.7 Å². The molecule has 0 aliphatic heterocycles. The molecule has 0 saturated heterocycles. The van der Waals surface area contributed by atoms with Gasteiger partial charge in [-0.3, -0.25) is 14.0 Å². The Hall–Kier alpha value is -4.31. The lowest BCUT2D eigenvalue weighted by atomic mass is 10.1. The number of hydrogen-bond donors (Lipinski definition) is 3. The zero-order valence-corrected chi connectivity index (χ0v) is 18.7. The normalized spacial score (nSPS) is 12.2. The fourth-order valence-corrected chi connectivity index (χ4v) is 3.79. The lowest BCUT2D eigenvalue weighted by Crippen LogP contribution is -2.25. The topological polar surface area (TPSA) is 116 Å². The van der Waals surface area contributed by atoms with E-state index in [4.69, 9.17) is 5.73 Å². The molecule has 0 fully saturated rings. The number of fused-ring (bicyclic) bond motifs is 2. The van der Waals surface area contributed by atoms with E-state index < -0.39 is 11.7 Å². The van der Waals surface area contributed by atoms with Crippen LogP contribution < -0.4 is 16.4 Å². The first kappa shape index (κ1) is 21.5. The van der Waals surface area contributed by atoms with E-state index >= 15 is 0 Å². The quantitative estimate of drug-likeness (QED) is 0.359. The molecule has 10 heteroatoms. The summed E-state index contributed by atoms with van der Waals surface area (Å²) in [6, 6.07) is 10.1. The molecule has 0 saturated carbocycles. The maximum absolute atomic E-state index is 14.5. The SMILES string of the molecule is C[C@@H](N)CNc1ccc(C(=O)Nc2cc(F)c3nn(C)cc3c2)c2nc(-n3cccc3)ncc12. The molecule has 0 radical (unpaired) electrons. The summed E-state index contributed by atoms with van der Waals surface area (Å²) in [5.41, 5.74) is 8.04. The summed E-state index contributed by atoms with van der Waals surface area (Å²) in [5, 5.41) is 11.4. The van der Waals surface area contributed by atoms with Crippen LogP contribution in [-0.4, -0.2) is 42.8 Å². The Morgan fingerprint density at radius 2 is 2.00 bits per heavy atom. The van der Waals surface area contributed by atoms with E-state index in [2.05, 4.69) is 25.7 Å². The van der Waals surface area contributed by atoms with Crippen molar-refractivity contribution in [1.82, 2.24) is 24.3 Å². The number of rotatable bonds is 6. The summed E-state index contributed by atoms with van der Waals surface area (Å²) in [4.78, 5) is 22.4. The highest BCUT2D eigenvalue weighted by Crippen LogP contribution is 2.27. The maximum Gasteiger partial charge on any atom is 0.257 e. The van der Waals surface area contributed by atoms with Gasteiger partial charge >= 0.3 is 0 Å². The van der Waals surface area contributed by atoms with Gasteiger partial charge in [0.05, 0.1) is 11.1 Å². The van der Waals surface area contributed by atoms with Crippen molar-refractivity contribution in [3.8, 4) is 5.95 Å². The Balaban J connectivity index is 1.56.